The maximum atomic E-state index is 12.5. The molecule has 2 aromatic rings. The number of amides is 1. The van der Waals surface area contributed by atoms with Crippen molar-refractivity contribution in [3.8, 4) is 0 Å². The molecule has 4 rings (SSSR count). The summed E-state index contributed by atoms with van der Waals surface area (Å²) in [6, 6.07) is 12.0. The molecule has 2 heterocycles. The Balaban J connectivity index is 1.79. The number of benzene rings is 2. The zero-order chi connectivity index (χ0) is 12.8. The first kappa shape index (κ1) is 11.0. The van der Waals surface area contributed by atoms with Crippen molar-refractivity contribution in [2.45, 2.75) is 18.9 Å². The van der Waals surface area contributed by atoms with Gasteiger partial charge in [0.05, 0.1) is 18.3 Å². The molecule has 0 spiro atoms. The van der Waals surface area contributed by atoms with Crippen LogP contribution in [0.15, 0.2) is 36.4 Å². The second kappa shape index (κ2) is 4.07. The number of rotatable bonds is 2. The van der Waals surface area contributed by atoms with Crippen LogP contribution >= 0.6 is 0 Å². The standard InChI is InChI=1S/C16H15NO2/c18-16-13-7-1-4-11-5-2-8-14(15(11)13)17(16)10-12-6-3-9-19-12/h1-2,4-5,7-8,12H,3,6,9-10H2. The maximum absolute atomic E-state index is 12.5. The van der Waals surface area contributed by atoms with Gasteiger partial charge in [-0.15, -0.1) is 0 Å². The molecule has 1 amide bonds. The van der Waals surface area contributed by atoms with Crippen molar-refractivity contribution in [3.63, 3.8) is 0 Å². The number of carbonyl (C=O) groups excluding carboxylic acids is 1. The van der Waals surface area contributed by atoms with E-state index in [4.69, 9.17) is 4.74 Å². The zero-order valence-electron chi connectivity index (χ0n) is 10.6. The lowest BCUT2D eigenvalue weighted by atomic mass is 10.1. The smallest absolute Gasteiger partial charge is 0.259 e. The molecule has 1 fully saturated rings. The van der Waals surface area contributed by atoms with Crippen LogP contribution in [0.3, 0.4) is 0 Å². The summed E-state index contributed by atoms with van der Waals surface area (Å²) in [5.41, 5.74) is 1.86. The van der Waals surface area contributed by atoms with E-state index in [9.17, 15) is 4.79 Å². The molecule has 1 atom stereocenters. The van der Waals surface area contributed by atoms with Crippen LogP contribution in [0.4, 0.5) is 5.69 Å². The Morgan fingerprint density at radius 2 is 2.05 bits per heavy atom. The van der Waals surface area contributed by atoms with E-state index in [0.717, 1.165) is 41.5 Å². The molecule has 0 radical (unpaired) electrons. The van der Waals surface area contributed by atoms with Crippen molar-refractivity contribution in [2.75, 3.05) is 18.1 Å². The Morgan fingerprint density at radius 3 is 2.84 bits per heavy atom. The van der Waals surface area contributed by atoms with Gasteiger partial charge < -0.3 is 9.64 Å². The molecule has 96 valence electrons. The van der Waals surface area contributed by atoms with Gasteiger partial charge in [0.1, 0.15) is 0 Å². The summed E-state index contributed by atoms with van der Waals surface area (Å²) in [5, 5.41) is 2.23. The molecule has 1 unspecified atom stereocenters. The van der Waals surface area contributed by atoms with Crippen LogP contribution in [0.1, 0.15) is 23.2 Å². The van der Waals surface area contributed by atoms with Crippen molar-refractivity contribution in [1.82, 2.24) is 0 Å². The minimum absolute atomic E-state index is 0.113. The van der Waals surface area contributed by atoms with Gasteiger partial charge in [0, 0.05) is 17.6 Å². The van der Waals surface area contributed by atoms with Gasteiger partial charge in [0.2, 0.25) is 0 Å². The minimum atomic E-state index is 0.113. The molecule has 1 saturated heterocycles. The Hall–Kier alpha value is -1.87. The van der Waals surface area contributed by atoms with Crippen LogP contribution < -0.4 is 4.90 Å². The highest BCUT2D eigenvalue weighted by Gasteiger charge is 2.32. The first-order valence-corrected chi connectivity index (χ1v) is 6.80. The fourth-order valence-corrected chi connectivity index (χ4v) is 3.15. The van der Waals surface area contributed by atoms with Crippen molar-refractivity contribution in [3.05, 3.63) is 42.0 Å². The molecular formula is C16H15NO2. The molecule has 19 heavy (non-hydrogen) atoms. The monoisotopic (exact) mass is 253 g/mol. The first-order valence-electron chi connectivity index (χ1n) is 6.80. The lowest BCUT2D eigenvalue weighted by Crippen LogP contribution is -2.34. The van der Waals surface area contributed by atoms with Crippen molar-refractivity contribution in [2.24, 2.45) is 0 Å². The van der Waals surface area contributed by atoms with Gasteiger partial charge in [-0.3, -0.25) is 4.79 Å². The van der Waals surface area contributed by atoms with E-state index in [-0.39, 0.29) is 12.0 Å². The van der Waals surface area contributed by atoms with Crippen LogP contribution in [0.2, 0.25) is 0 Å². The number of carbonyl (C=O) groups is 1. The van der Waals surface area contributed by atoms with Gasteiger partial charge in [-0.05, 0) is 30.4 Å². The third-order valence-corrected chi connectivity index (χ3v) is 4.06. The van der Waals surface area contributed by atoms with E-state index in [1.54, 1.807) is 0 Å². The second-order valence-electron chi connectivity index (χ2n) is 5.23. The van der Waals surface area contributed by atoms with Gasteiger partial charge in [-0.1, -0.05) is 24.3 Å². The maximum Gasteiger partial charge on any atom is 0.259 e. The molecule has 0 saturated carbocycles. The zero-order valence-corrected chi connectivity index (χ0v) is 10.6. The highest BCUT2D eigenvalue weighted by atomic mass is 16.5. The highest BCUT2D eigenvalue weighted by Crippen LogP contribution is 2.37. The molecule has 2 aliphatic rings. The van der Waals surface area contributed by atoms with Crippen LogP contribution in [-0.4, -0.2) is 25.2 Å². The predicted octanol–water partition coefficient (Wildman–Crippen LogP) is 2.98. The molecular weight excluding hydrogens is 238 g/mol. The Labute approximate surface area is 111 Å². The van der Waals surface area contributed by atoms with E-state index in [1.807, 2.05) is 29.2 Å². The molecule has 3 nitrogen and oxygen atoms in total. The molecule has 3 heteroatoms. The van der Waals surface area contributed by atoms with Crippen LogP contribution in [0, 0.1) is 0 Å². The van der Waals surface area contributed by atoms with Gasteiger partial charge in [0.15, 0.2) is 0 Å². The van der Waals surface area contributed by atoms with Crippen LogP contribution in [0.25, 0.3) is 10.8 Å². The van der Waals surface area contributed by atoms with Crippen molar-refractivity contribution >= 4 is 22.4 Å². The number of anilines is 1. The summed E-state index contributed by atoms with van der Waals surface area (Å²) in [7, 11) is 0. The van der Waals surface area contributed by atoms with E-state index in [2.05, 4.69) is 12.1 Å². The fraction of sp³-hybridized carbons (Fsp3) is 0.312. The largest absolute Gasteiger partial charge is 0.376 e. The summed E-state index contributed by atoms with van der Waals surface area (Å²) in [6.07, 6.45) is 2.34. The average molecular weight is 253 g/mol. The van der Waals surface area contributed by atoms with Gasteiger partial charge in [-0.25, -0.2) is 0 Å². The van der Waals surface area contributed by atoms with Crippen LogP contribution in [-0.2, 0) is 4.74 Å². The highest BCUT2D eigenvalue weighted by molar-refractivity contribution is 6.25. The SMILES string of the molecule is O=C1c2cccc3cccc(c23)N1CC1CCCO1. The van der Waals surface area contributed by atoms with E-state index < -0.39 is 0 Å². The van der Waals surface area contributed by atoms with Gasteiger partial charge in [0.25, 0.3) is 5.91 Å². The summed E-state index contributed by atoms with van der Waals surface area (Å²) < 4.78 is 5.66. The Bertz CT molecular complexity index is 654. The van der Waals surface area contributed by atoms with Gasteiger partial charge >= 0.3 is 0 Å². The third-order valence-electron chi connectivity index (χ3n) is 4.06. The molecule has 0 bridgehead atoms. The molecule has 0 N–H and O–H groups in total. The summed E-state index contributed by atoms with van der Waals surface area (Å²) in [4.78, 5) is 14.4. The number of hydrogen-bond acceptors (Lipinski definition) is 2. The van der Waals surface area contributed by atoms with E-state index in [1.165, 1.54) is 0 Å². The topological polar surface area (TPSA) is 29.5 Å². The molecule has 0 aromatic heterocycles. The van der Waals surface area contributed by atoms with Crippen molar-refractivity contribution in [1.29, 1.82) is 0 Å². The quantitative estimate of drug-likeness (QED) is 0.823. The predicted molar refractivity (Wildman–Crippen MR) is 74.6 cm³/mol. The normalized spacial score (nSPS) is 21.6. The van der Waals surface area contributed by atoms with Crippen molar-refractivity contribution < 1.29 is 9.53 Å². The first-order chi connectivity index (χ1) is 9.34. The Morgan fingerprint density at radius 1 is 1.21 bits per heavy atom. The molecule has 2 aromatic carbocycles. The molecule has 0 aliphatic carbocycles. The number of hydrogen-bond donors (Lipinski definition) is 0. The van der Waals surface area contributed by atoms with Gasteiger partial charge in [-0.2, -0.15) is 0 Å². The lowest BCUT2D eigenvalue weighted by molar-refractivity contribution is 0.0924. The molecule has 2 aliphatic heterocycles. The fourth-order valence-electron chi connectivity index (χ4n) is 3.15. The third kappa shape index (κ3) is 1.58. The summed E-state index contributed by atoms with van der Waals surface area (Å²) in [6.45, 7) is 1.50. The van der Waals surface area contributed by atoms with E-state index >= 15 is 0 Å². The second-order valence-corrected chi connectivity index (χ2v) is 5.23. The van der Waals surface area contributed by atoms with Crippen LogP contribution in [0.5, 0.6) is 0 Å². The summed E-state index contributed by atoms with van der Waals surface area (Å²) in [5.74, 6) is 0.113. The average Bonchev–Trinajstić information content (AvgIpc) is 3.04. The van der Waals surface area contributed by atoms with E-state index in [0.29, 0.717) is 6.54 Å². The minimum Gasteiger partial charge on any atom is -0.376 e. The lowest BCUT2D eigenvalue weighted by Gasteiger charge is -2.21. The summed E-state index contributed by atoms with van der Waals surface area (Å²) >= 11 is 0. The number of ether oxygens (including phenoxy) is 1. The number of nitrogens with zero attached hydrogens (tertiary/aromatic N) is 1. The Kier molecular flexibility index (Phi) is 2.35.